The normalized spacial score (nSPS) is 10.2. The Hall–Kier alpha value is -2.97. The van der Waals surface area contributed by atoms with Crippen LogP contribution in [0, 0.1) is 18.3 Å². The van der Waals surface area contributed by atoms with Gasteiger partial charge in [-0.15, -0.1) is 11.3 Å². The first-order valence-electron chi connectivity index (χ1n) is 7.82. The second-order valence-electron chi connectivity index (χ2n) is 5.52. The molecule has 0 saturated carbocycles. The maximum Gasteiger partial charge on any atom is 0.312 e. The van der Waals surface area contributed by atoms with Gasteiger partial charge in [-0.1, -0.05) is 60.2 Å². The predicted octanol–water partition coefficient (Wildman–Crippen LogP) is 4.39. The van der Waals surface area contributed by atoms with Gasteiger partial charge < -0.3 is 4.74 Å². The molecular weight excluding hydrogens is 332 g/mol. The van der Waals surface area contributed by atoms with Crippen LogP contribution in [0.2, 0.25) is 0 Å². The van der Waals surface area contributed by atoms with Gasteiger partial charge in [-0.25, -0.2) is 4.98 Å². The van der Waals surface area contributed by atoms with Crippen molar-refractivity contribution in [2.24, 2.45) is 0 Å². The van der Waals surface area contributed by atoms with Crippen LogP contribution in [0.15, 0.2) is 54.6 Å². The zero-order valence-electron chi connectivity index (χ0n) is 13.7. The lowest BCUT2D eigenvalue weighted by atomic mass is 10.1. The predicted molar refractivity (Wildman–Crippen MR) is 98.0 cm³/mol. The van der Waals surface area contributed by atoms with Crippen molar-refractivity contribution in [2.75, 3.05) is 6.61 Å². The number of rotatable bonds is 5. The summed E-state index contributed by atoms with van der Waals surface area (Å²) < 4.78 is 4.88. The molecule has 2 aromatic carbocycles. The second kappa shape index (κ2) is 7.73. The molecule has 0 aliphatic heterocycles. The Morgan fingerprint density at radius 3 is 2.52 bits per heavy atom. The number of nitriles is 1. The van der Waals surface area contributed by atoms with E-state index >= 15 is 0 Å². The highest BCUT2D eigenvalue weighted by molar-refractivity contribution is 7.18. The molecule has 4 nitrogen and oxygen atoms in total. The molecule has 0 N–H and O–H groups in total. The van der Waals surface area contributed by atoms with E-state index in [4.69, 9.17) is 10.00 Å². The summed E-state index contributed by atoms with van der Waals surface area (Å²) >= 11 is 1.55. The SMILES string of the molecule is Cc1ccc(-c2sc(-c3ccccc3)nc2CC(=O)OCC#N)cc1. The number of hydrogen-bond donors (Lipinski definition) is 0. The summed E-state index contributed by atoms with van der Waals surface area (Å²) in [6.07, 6.45) is 0.0498. The summed E-state index contributed by atoms with van der Waals surface area (Å²) in [4.78, 5) is 17.6. The number of carbonyl (C=O) groups excluding carboxylic acids is 1. The molecule has 5 heteroatoms. The van der Waals surface area contributed by atoms with Gasteiger partial charge in [0.1, 0.15) is 11.1 Å². The Labute approximate surface area is 150 Å². The van der Waals surface area contributed by atoms with Crippen molar-refractivity contribution >= 4 is 17.3 Å². The van der Waals surface area contributed by atoms with Crippen LogP contribution < -0.4 is 0 Å². The van der Waals surface area contributed by atoms with Crippen LogP contribution in [0.3, 0.4) is 0 Å². The number of esters is 1. The number of thiazole rings is 1. The summed E-state index contributed by atoms with van der Waals surface area (Å²) in [7, 11) is 0. The van der Waals surface area contributed by atoms with Crippen LogP contribution in [0.5, 0.6) is 0 Å². The van der Waals surface area contributed by atoms with Crippen molar-refractivity contribution < 1.29 is 9.53 Å². The van der Waals surface area contributed by atoms with Crippen LogP contribution in [0.1, 0.15) is 11.3 Å². The fourth-order valence-electron chi connectivity index (χ4n) is 2.41. The van der Waals surface area contributed by atoms with Crippen molar-refractivity contribution in [2.45, 2.75) is 13.3 Å². The Bertz CT molecular complexity index is 909. The highest BCUT2D eigenvalue weighted by Crippen LogP contribution is 2.36. The molecule has 0 aliphatic carbocycles. The lowest BCUT2D eigenvalue weighted by Gasteiger charge is -2.03. The smallest absolute Gasteiger partial charge is 0.312 e. The molecule has 0 radical (unpaired) electrons. The number of benzene rings is 2. The molecule has 3 rings (SSSR count). The Kier molecular flexibility index (Phi) is 5.22. The molecule has 124 valence electrons. The number of hydrogen-bond acceptors (Lipinski definition) is 5. The molecule has 0 bridgehead atoms. The molecule has 0 saturated heterocycles. The van der Waals surface area contributed by atoms with Gasteiger partial charge in [-0.2, -0.15) is 5.26 Å². The van der Waals surface area contributed by atoms with Crippen molar-refractivity contribution in [3.63, 3.8) is 0 Å². The average Bonchev–Trinajstić information content (AvgIpc) is 3.05. The summed E-state index contributed by atoms with van der Waals surface area (Å²) in [5.41, 5.74) is 3.88. The van der Waals surface area contributed by atoms with Crippen LogP contribution in [0.25, 0.3) is 21.0 Å². The Morgan fingerprint density at radius 2 is 1.84 bits per heavy atom. The molecule has 0 amide bonds. The van der Waals surface area contributed by atoms with Crippen molar-refractivity contribution in [3.05, 3.63) is 65.9 Å². The minimum Gasteiger partial charge on any atom is -0.450 e. The standard InChI is InChI=1S/C20H16N2O2S/c1-14-7-9-15(10-8-14)19-17(13-18(23)24-12-11-21)22-20(25-19)16-5-3-2-4-6-16/h2-10H,12-13H2,1H3. The highest BCUT2D eigenvalue weighted by Gasteiger charge is 2.17. The number of ether oxygens (including phenoxy) is 1. The van der Waals surface area contributed by atoms with Crippen molar-refractivity contribution in [3.8, 4) is 27.1 Å². The topological polar surface area (TPSA) is 63.0 Å². The molecule has 0 fully saturated rings. The fraction of sp³-hybridized carbons (Fsp3) is 0.150. The van der Waals surface area contributed by atoms with E-state index in [1.54, 1.807) is 11.3 Å². The van der Waals surface area contributed by atoms with Gasteiger partial charge in [-0.3, -0.25) is 4.79 Å². The van der Waals surface area contributed by atoms with E-state index in [1.807, 2.05) is 67.6 Å². The van der Waals surface area contributed by atoms with E-state index in [0.717, 1.165) is 21.0 Å². The largest absolute Gasteiger partial charge is 0.450 e. The number of aromatic nitrogens is 1. The molecular formula is C20H16N2O2S. The third kappa shape index (κ3) is 4.11. The maximum absolute atomic E-state index is 11.9. The number of carbonyl (C=O) groups is 1. The first kappa shape index (κ1) is 16.9. The van der Waals surface area contributed by atoms with Gasteiger partial charge in [0.2, 0.25) is 0 Å². The second-order valence-corrected chi connectivity index (χ2v) is 6.52. The minimum atomic E-state index is -0.445. The molecule has 0 aliphatic rings. The average molecular weight is 348 g/mol. The lowest BCUT2D eigenvalue weighted by molar-refractivity contribution is -0.141. The van der Waals surface area contributed by atoms with Gasteiger partial charge in [0.05, 0.1) is 17.0 Å². The lowest BCUT2D eigenvalue weighted by Crippen LogP contribution is -2.09. The maximum atomic E-state index is 11.9. The summed E-state index contributed by atoms with van der Waals surface area (Å²) in [5.74, 6) is -0.445. The minimum absolute atomic E-state index is 0.0498. The van der Waals surface area contributed by atoms with Gasteiger partial charge in [0, 0.05) is 5.56 Å². The van der Waals surface area contributed by atoms with E-state index in [9.17, 15) is 4.79 Å². The van der Waals surface area contributed by atoms with E-state index < -0.39 is 5.97 Å². The monoisotopic (exact) mass is 348 g/mol. The van der Waals surface area contributed by atoms with Gasteiger partial charge in [-0.05, 0) is 12.5 Å². The van der Waals surface area contributed by atoms with Gasteiger partial charge in [0.15, 0.2) is 6.61 Å². The van der Waals surface area contributed by atoms with Crippen molar-refractivity contribution in [1.82, 2.24) is 4.98 Å². The zero-order chi connectivity index (χ0) is 17.6. The zero-order valence-corrected chi connectivity index (χ0v) is 14.5. The third-order valence-electron chi connectivity index (χ3n) is 3.64. The number of nitrogens with zero attached hydrogens (tertiary/aromatic N) is 2. The highest BCUT2D eigenvalue weighted by atomic mass is 32.1. The number of aryl methyl sites for hydroxylation is 1. The summed E-state index contributed by atoms with van der Waals surface area (Å²) in [6.45, 7) is 1.79. The molecule has 0 spiro atoms. The molecule has 1 heterocycles. The van der Waals surface area contributed by atoms with Gasteiger partial charge in [0.25, 0.3) is 0 Å². The van der Waals surface area contributed by atoms with Crippen LogP contribution in [-0.2, 0) is 16.0 Å². The van der Waals surface area contributed by atoms with Gasteiger partial charge >= 0.3 is 5.97 Å². The summed E-state index contributed by atoms with van der Waals surface area (Å²) in [5, 5.41) is 9.41. The molecule has 0 unspecified atom stereocenters. The molecule has 1 aromatic heterocycles. The summed E-state index contributed by atoms with van der Waals surface area (Å²) in [6, 6.07) is 19.8. The Morgan fingerprint density at radius 1 is 1.12 bits per heavy atom. The Balaban J connectivity index is 1.99. The van der Waals surface area contributed by atoms with E-state index in [2.05, 4.69) is 4.98 Å². The van der Waals surface area contributed by atoms with Crippen LogP contribution in [-0.4, -0.2) is 17.6 Å². The first-order valence-corrected chi connectivity index (χ1v) is 8.64. The van der Waals surface area contributed by atoms with Crippen LogP contribution in [0.4, 0.5) is 0 Å². The van der Waals surface area contributed by atoms with E-state index in [1.165, 1.54) is 5.56 Å². The van der Waals surface area contributed by atoms with E-state index in [0.29, 0.717) is 5.69 Å². The van der Waals surface area contributed by atoms with E-state index in [-0.39, 0.29) is 13.0 Å². The molecule has 3 aromatic rings. The van der Waals surface area contributed by atoms with Crippen LogP contribution >= 0.6 is 11.3 Å². The quantitative estimate of drug-likeness (QED) is 0.641. The molecule has 25 heavy (non-hydrogen) atoms. The third-order valence-corrected chi connectivity index (χ3v) is 4.84. The molecule has 0 atom stereocenters. The van der Waals surface area contributed by atoms with Crippen molar-refractivity contribution in [1.29, 1.82) is 5.26 Å². The fourth-order valence-corrected chi connectivity index (χ4v) is 3.50. The first-order chi connectivity index (χ1) is 12.2.